The van der Waals surface area contributed by atoms with E-state index in [0.29, 0.717) is 0 Å². The normalized spacial score (nSPS) is 9.38. The van der Waals surface area contributed by atoms with Gasteiger partial charge in [0.25, 0.3) is 0 Å². The van der Waals surface area contributed by atoms with E-state index in [1.807, 2.05) is 0 Å². The Morgan fingerprint density at radius 1 is 0.500 bits per heavy atom. The molecule has 4 heteroatoms. The number of aryl methyl sites for hydroxylation is 4. The summed E-state index contributed by atoms with van der Waals surface area (Å²) < 4.78 is 0. The molecule has 0 heterocycles. The van der Waals surface area contributed by atoms with Gasteiger partial charge in [-0.1, -0.05) is 112 Å². The molecule has 0 saturated carbocycles. The fourth-order valence-corrected chi connectivity index (χ4v) is 4.92. The van der Waals surface area contributed by atoms with Crippen LogP contribution in [0, 0.1) is 42.5 Å². The monoisotopic (exact) mass is 658 g/mol. The van der Waals surface area contributed by atoms with Crippen molar-refractivity contribution >= 4 is 53.2 Å². The van der Waals surface area contributed by atoms with Crippen LogP contribution < -0.4 is 0 Å². The predicted octanol–water partition coefficient (Wildman–Crippen LogP) is 11.0. The molecular weight excluding hydrogens is 623 g/mol. The van der Waals surface area contributed by atoms with Gasteiger partial charge in [-0.25, -0.2) is 0 Å². The summed E-state index contributed by atoms with van der Waals surface area (Å²) in [7, 11) is 0. The van der Waals surface area contributed by atoms with Gasteiger partial charge in [-0.2, -0.15) is 12.1 Å². The van der Waals surface area contributed by atoms with E-state index < -0.39 is 0 Å². The molecular formula is C36H38Cl2SiZr-4. The van der Waals surface area contributed by atoms with E-state index in [1.54, 1.807) is 0 Å². The van der Waals surface area contributed by atoms with Crippen molar-refractivity contribution < 1.29 is 23.3 Å². The topological polar surface area (TPSA) is 0 Å². The summed E-state index contributed by atoms with van der Waals surface area (Å²) in [6.07, 6.45) is 0. The van der Waals surface area contributed by atoms with Crippen LogP contribution in [0.5, 0.6) is 0 Å². The molecule has 0 N–H and O–H groups in total. The quantitative estimate of drug-likeness (QED) is 0.128. The van der Waals surface area contributed by atoms with Gasteiger partial charge in [0.05, 0.1) is 0 Å². The molecule has 0 saturated heterocycles. The number of hydrogen-bond donors (Lipinski definition) is 0. The SMILES string of the molecule is Cc1cc2c(-c3ccccc3)ccc(C)c2[cH-]1.Cc1cc2c(-c3ccccc3)ccc(C)c2[cH-]1.Cl.Cl.[CH3-].[CH3-].[Si]=[Zr]. The Labute approximate surface area is 271 Å². The Kier molecular flexibility index (Phi) is 16.6. The van der Waals surface area contributed by atoms with Crippen LogP contribution in [0.3, 0.4) is 0 Å². The maximum absolute atomic E-state index is 3.06. The van der Waals surface area contributed by atoms with Gasteiger partial charge in [-0.3, -0.25) is 0 Å². The van der Waals surface area contributed by atoms with Crippen molar-refractivity contribution in [3.8, 4) is 22.3 Å². The van der Waals surface area contributed by atoms with E-state index in [0.717, 1.165) is 0 Å². The van der Waals surface area contributed by atoms with Crippen molar-refractivity contribution in [1.82, 2.24) is 0 Å². The minimum atomic E-state index is 0. The van der Waals surface area contributed by atoms with E-state index in [1.165, 1.54) is 89.4 Å². The summed E-state index contributed by atoms with van der Waals surface area (Å²) in [6, 6.07) is 39.2. The fraction of sp³-hybridized carbons (Fsp3) is 0.111. The van der Waals surface area contributed by atoms with Gasteiger partial charge >= 0.3 is 30.2 Å². The zero-order valence-corrected chi connectivity index (χ0v) is 29.3. The van der Waals surface area contributed by atoms with Crippen LogP contribution in [-0.2, 0) is 23.3 Å². The molecule has 6 aromatic rings. The van der Waals surface area contributed by atoms with Crippen molar-refractivity contribution in [1.29, 1.82) is 0 Å². The van der Waals surface area contributed by atoms with Crippen molar-refractivity contribution in [2.24, 2.45) is 0 Å². The van der Waals surface area contributed by atoms with Gasteiger partial charge in [0.2, 0.25) is 0 Å². The van der Waals surface area contributed by atoms with E-state index in [4.69, 9.17) is 0 Å². The molecule has 208 valence electrons. The second-order valence-electron chi connectivity index (χ2n) is 9.31. The van der Waals surface area contributed by atoms with Crippen LogP contribution in [0.1, 0.15) is 22.3 Å². The first-order valence-electron chi connectivity index (χ1n) is 12.2. The molecule has 0 bridgehead atoms. The molecule has 0 nitrogen and oxygen atoms in total. The number of fused-ring (bicyclic) bond motifs is 2. The van der Waals surface area contributed by atoms with Crippen molar-refractivity contribution in [3.63, 3.8) is 0 Å². The number of benzene rings is 4. The Morgan fingerprint density at radius 2 is 0.825 bits per heavy atom. The molecule has 0 aromatic heterocycles. The van der Waals surface area contributed by atoms with Crippen molar-refractivity contribution in [2.75, 3.05) is 0 Å². The average Bonchev–Trinajstić information content (AvgIpc) is 3.50. The summed E-state index contributed by atoms with van der Waals surface area (Å²) in [5.41, 5.74) is 10.6. The standard InChI is InChI=1S/2C17H15.2CH3.2ClH.Si.Zr/c2*1-12-10-16-13(2)8-9-15(17(16)11-12)14-6-4-3-5-7-14;;;;;;/h2*3-11H,1-2H3;2*1H3;2*1H;;/q4*-1;;;;. The van der Waals surface area contributed by atoms with Gasteiger partial charge in [0, 0.05) is 0 Å². The Bertz CT molecular complexity index is 1480. The molecule has 0 atom stereocenters. The third-order valence-corrected chi connectivity index (χ3v) is 6.67. The number of hydrogen-bond acceptors (Lipinski definition) is 0. The van der Waals surface area contributed by atoms with Gasteiger partial charge in [-0.15, -0.1) is 92.9 Å². The third-order valence-electron chi connectivity index (χ3n) is 6.67. The van der Waals surface area contributed by atoms with E-state index in [2.05, 4.69) is 144 Å². The van der Waals surface area contributed by atoms with Crippen LogP contribution in [0.2, 0.25) is 0 Å². The van der Waals surface area contributed by atoms with E-state index in [9.17, 15) is 0 Å². The number of rotatable bonds is 2. The summed E-state index contributed by atoms with van der Waals surface area (Å²) >= 11 is 1.36. The summed E-state index contributed by atoms with van der Waals surface area (Å²) in [5.74, 6) is 0. The predicted molar refractivity (Wildman–Crippen MR) is 182 cm³/mol. The Hall–Kier alpha value is -2.22. The van der Waals surface area contributed by atoms with Gasteiger partial charge < -0.3 is 14.9 Å². The molecule has 0 aliphatic heterocycles. The summed E-state index contributed by atoms with van der Waals surface area (Å²) in [6.45, 7) is 11.7. The maximum atomic E-state index is 3.06. The zero-order valence-electron chi connectivity index (χ0n) is 24.2. The van der Waals surface area contributed by atoms with Crippen LogP contribution in [0.15, 0.2) is 109 Å². The molecule has 0 fully saturated rings. The zero-order chi connectivity index (χ0) is 25.7. The molecule has 2 radical (unpaired) electrons. The van der Waals surface area contributed by atoms with Gasteiger partial charge in [-0.05, 0) is 11.1 Å². The Balaban J connectivity index is 0.000000655. The Morgan fingerprint density at radius 3 is 1.15 bits per heavy atom. The molecule has 0 unspecified atom stereocenters. The van der Waals surface area contributed by atoms with Crippen LogP contribution in [0.25, 0.3) is 43.8 Å². The second kappa shape index (κ2) is 17.6. The average molecular weight is 661 g/mol. The third kappa shape index (κ3) is 8.40. The van der Waals surface area contributed by atoms with Crippen LogP contribution in [-0.4, -0.2) is 6.88 Å². The molecule has 40 heavy (non-hydrogen) atoms. The molecule has 6 rings (SSSR count). The first-order valence-corrected chi connectivity index (χ1v) is 16.4. The molecule has 0 amide bonds. The van der Waals surface area contributed by atoms with Crippen molar-refractivity contribution in [3.05, 3.63) is 146 Å². The number of halogens is 2. The molecule has 0 spiro atoms. The van der Waals surface area contributed by atoms with Gasteiger partial charge in [0.15, 0.2) is 0 Å². The minimum absolute atomic E-state index is 0. The first-order chi connectivity index (χ1) is 17.5. The van der Waals surface area contributed by atoms with E-state index >= 15 is 0 Å². The van der Waals surface area contributed by atoms with Crippen LogP contribution in [0.4, 0.5) is 0 Å². The molecule has 0 aliphatic carbocycles. The van der Waals surface area contributed by atoms with Crippen LogP contribution >= 0.6 is 24.8 Å². The first kappa shape index (κ1) is 37.8. The molecule has 6 aromatic carbocycles. The summed E-state index contributed by atoms with van der Waals surface area (Å²) in [4.78, 5) is 0. The molecule has 0 aliphatic rings. The van der Waals surface area contributed by atoms with Gasteiger partial charge in [0.1, 0.15) is 0 Å². The fourth-order valence-electron chi connectivity index (χ4n) is 4.92. The van der Waals surface area contributed by atoms with Crippen molar-refractivity contribution in [2.45, 2.75) is 27.7 Å². The summed E-state index contributed by atoms with van der Waals surface area (Å²) in [5, 5.41) is 5.50. The van der Waals surface area contributed by atoms with E-state index in [-0.39, 0.29) is 39.7 Å². The second-order valence-corrected chi connectivity index (χ2v) is 9.31.